The predicted molar refractivity (Wildman–Crippen MR) is 124 cm³/mol. The van der Waals surface area contributed by atoms with Gasteiger partial charge in [0.15, 0.2) is 0 Å². The third-order valence-electron chi connectivity index (χ3n) is 5.76. The minimum atomic E-state index is -0.963. The fourth-order valence-electron chi connectivity index (χ4n) is 4.16. The first-order valence-electron chi connectivity index (χ1n) is 10.6. The number of likely N-dealkylation sites (N-methyl/N-ethyl adjacent to an activating group) is 1. The number of carbonyl (C=O) groups is 2. The molecule has 1 heterocycles. The van der Waals surface area contributed by atoms with Gasteiger partial charge < -0.3 is 20.1 Å². The van der Waals surface area contributed by atoms with Crippen molar-refractivity contribution in [1.82, 2.24) is 15.2 Å². The van der Waals surface area contributed by atoms with E-state index in [1.807, 2.05) is 56.6 Å². The van der Waals surface area contributed by atoms with Gasteiger partial charge in [0.05, 0.1) is 28.6 Å². The highest BCUT2D eigenvalue weighted by Crippen LogP contribution is 2.40. The van der Waals surface area contributed by atoms with Crippen molar-refractivity contribution in [1.29, 1.82) is 0 Å². The highest BCUT2D eigenvalue weighted by Gasteiger charge is 2.45. The summed E-state index contributed by atoms with van der Waals surface area (Å²) in [6, 6.07) is 13.6. The maximum atomic E-state index is 13.2. The van der Waals surface area contributed by atoms with Crippen LogP contribution in [0.3, 0.4) is 0 Å². The first kappa shape index (κ1) is 22.2. The minimum absolute atomic E-state index is 0.193. The molecular weight excluding hydrogens is 426 g/mol. The van der Waals surface area contributed by atoms with E-state index < -0.39 is 11.4 Å². The molecule has 7 nitrogen and oxygen atoms in total. The molecular formula is C24H27N3O4S. The second kappa shape index (κ2) is 9.26. The summed E-state index contributed by atoms with van der Waals surface area (Å²) in [5, 5.41) is 13.2. The largest absolute Gasteiger partial charge is 0.492 e. The van der Waals surface area contributed by atoms with Crippen LogP contribution in [0.15, 0.2) is 42.5 Å². The summed E-state index contributed by atoms with van der Waals surface area (Å²) in [7, 11) is 4.00. The van der Waals surface area contributed by atoms with E-state index >= 15 is 0 Å². The molecule has 32 heavy (non-hydrogen) atoms. The molecule has 4 rings (SSSR count). The Morgan fingerprint density at radius 3 is 2.56 bits per heavy atom. The van der Waals surface area contributed by atoms with Crippen LogP contribution in [0.1, 0.15) is 22.6 Å². The van der Waals surface area contributed by atoms with E-state index in [2.05, 4.69) is 15.2 Å². The molecule has 0 fully saturated rings. The van der Waals surface area contributed by atoms with Gasteiger partial charge in [0.25, 0.3) is 0 Å². The van der Waals surface area contributed by atoms with Crippen molar-refractivity contribution >= 4 is 33.4 Å². The molecule has 8 heteroatoms. The number of hydrogen-bond acceptors (Lipinski definition) is 6. The number of carbonyl (C=O) groups excluding carboxylic acids is 1. The van der Waals surface area contributed by atoms with E-state index in [0.717, 1.165) is 38.6 Å². The first-order valence-corrected chi connectivity index (χ1v) is 11.4. The van der Waals surface area contributed by atoms with E-state index in [1.165, 1.54) is 11.3 Å². The van der Waals surface area contributed by atoms with Crippen molar-refractivity contribution in [3.05, 3.63) is 58.6 Å². The molecule has 1 aliphatic rings. The van der Waals surface area contributed by atoms with Crippen LogP contribution in [0.4, 0.5) is 0 Å². The second-order valence-corrected chi connectivity index (χ2v) is 9.66. The Hall–Kier alpha value is -2.97. The van der Waals surface area contributed by atoms with Crippen molar-refractivity contribution in [3.8, 4) is 5.75 Å². The lowest BCUT2D eigenvalue weighted by Gasteiger charge is -2.25. The standard InChI is InChI=1S/C24H27N3O4S/c1-27(2)9-10-31-18-7-8-20-19(11-18)26-21(32-20)15-25-23(30)24(14-22(28)29)12-16-5-3-4-6-17(16)13-24/h3-8,11H,9-10,12-15H2,1-2H3,(H,25,30)(H,28,29). The monoisotopic (exact) mass is 453 g/mol. The number of carboxylic acid groups (broad SMARTS) is 1. The number of fused-ring (bicyclic) bond motifs is 2. The number of nitrogens with zero attached hydrogens (tertiary/aromatic N) is 2. The number of rotatable bonds is 9. The number of thiazole rings is 1. The summed E-state index contributed by atoms with van der Waals surface area (Å²) < 4.78 is 6.79. The van der Waals surface area contributed by atoms with Crippen molar-refractivity contribution in [2.24, 2.45) is 5.41 Å². The van der Waals surface area contributed by atoms with Crippen LogP contribution in [0.2, 0.25) is 0 Å². The predicted octanol–water partition coefficient (Wildman–Crippen LogP) is 3.11. The van der Waals surface area contributed by atoms with E-state index in [4.69, 9.17) is 4.74 Å². The molecule has 3 aromatic rings. The van der Waals surface area contributed by atoms with Crippen LogP contribution in [0.25, 0.3) is 10.2 Å². The number of carboxylic acids is 1. The zero-order valence-electron chi connectivity index (χ0n) is 18.3. The molecule has 2 aromatic carbocycles. The lowest BCUT2D eigenvalue weighted by Crippen LogP contribution is -2.43. The van der Waals surface area contributed by atoms with E-state index in [9.17, 15) is 14.7 Å². The highest BCUT2D eigenvalue weighted by atomic mass is 32.1. The van der Waals surface area contributed by atoms with Crippen LogP contribution in [-0.4, -0.2) is 54.1 Å². The Morgan fingerprint density at radius 2 is 1.91 bits per heavy atom. The zero-order valence-corrected chi connectivity index (χ0v) is 19.1. The number of aromatic nitrogens is 1. The van der Waals surface area contributed by atoms with Crippen molar-refractivity contribution in [2.75, 3.05) is 27.2 Å². The van der Waals surface area contributed by atoms with Crippen LogP contribution < -0.4 is 10.1 Å². The van der Waals surface area contributed by atoms with Gasteiger partial charge in [0.1, 0.15) is 17.4 Å². The number of ether oxygens (including phenoxy) is 1. The van der Waals surface area contributed by atoms with Crippen molar-refractivity contribution in [2.45, 2.75) is 25.8 Å². The summed E-state index contributed by atoms with van der Waals surface area (Å²) in [5.74, 6) is -0.429. The van der Waals surface area contributed by atoms with Gasteiger partial charge in [-0.05, 0) is 50.2 Å². The lowest BCUT2D eigenvalue weighted by molar-refractivity contribution is -0.145. The number of nitrogens with one attached hydrogen (secondary N) is 1. The Bertz CT molecular complexity index is 1120. The normalized spacial score (nSPS) is 14.5. The maximum absolute atomic E-state index is 13.2. The van der Waals surface area contributed by atoms with Gasteiger partial charge in [-0.15, -0.1) is 11.3 Å². The number of amides is 1. The van der Waals surface area contributed by atoms with E-state index in [0.29, 0.717) is 19.4 Å². The van der Waals surface area contributed by atoms with Gasteiger partial charge in [-0.25, -0.2) is 4.98 Å². The second-order valence-electron chi connectivity index (χ2n) is 8.54. The molecule has 0 radical (unpaired) electrons. The van der Waals surface area contributed by atoms with Gasteiger partial charge in [-0.2, -0.15) is 0 Å². The fraction of sp³-hybridized carbons (Fsp3) is 0.375. The summed E-state index contributed by atoms with van der Waals surface area (Å²) in [4.78, 5) is 31.4. The molecule has 168 valence electrons. The van der Waals surface area contributed by atoms with Gasteiger partial charge >= 0.3 is 5.97 Å². The average Bonchev–Trinajstić information content (AvgIpc) is 3.31. The number of benzene rings is 2. The SMILES string of the molecule is CN(C)CCOc1ccc2sc(CNC(=O)C3(CC(=O)O)Cc4ccccc4C3)nc2c1. The minimum Gasteiger partial charge on any atom is -0.492 e. The molecule has 1 aromatic heterocycles. The van der Waals surface area contributed by atoms with Crippen LogP contribution in [-0.2, 0) is 29.0 Å². The smallest absolute Gasteiger partial charge is 0.304 e. The van der Waals surface area contributed by atoms with E-state index in [-0.39, 0.29) is 18.9 Å². The summed E-state index contributed by atoms with van der Waals surface area (Å²) in [6.07, 6.45) is 0.685. The molecule has 0 aliphatic heterocycles. The van der Waals surface area contributed by atoms with Crippen molar-refractivity contribution in [3.63, 3.8) is 0 Å². The Kier molecular flexibility index (Phi) is 6.43. The maximum Gasteiger partial charge on any atom is 0.304 e. The van der Waals surface area contributed by atoms with Crippen LogP contribution >= 0.6 is 11.3 Å². The third kappa shape index (κ3) is 4.92. The molecule has 0 unspecified atom stereocenters. The summed E-state index contributed by atoms with van der Waals surface area (Å²) in [6.45, 7) is 1.70. The van der Waals surface area contributed by atoms with Gasteiger partial charge in [-0.1, -0.05) is 24.3 Å². The number of hydrogen-bond donors (Lipinski definition) is 2. The van der Waals surface area contributed by atoms with Gasteiger partial charge in [-0.3, -0.25) is 9.59 Å². The zero-order chi connectivity index (χ0) is 22.7. The van der Waals surface area contributed by atoms with Gasteiger partial charge in [0.2, 0.25) is 5.91 Å². The Labute approximate surface area is 191 Å². The molecule has 2 N–H and O–H groups in total. The first-order chi connectivity index (χ1) is 15.3. The molecule has 0 bridgehead atoms. The Morgan fingerprint density at radius 1 is 1.19 bits per heavy atom. The molecule has 0 saturated heterocycles. The fourth-order valence-corrected chi connectivity index (χ4v) is 5.05. The molecule has 1 aliphatic carbocycles. The van der Waals surface area contributed by atoms with Crippen molar-refractivity contribution < 1.29 is 19.4 Å². The highest BCUT2D eigenvalue weighted by molar-refractivity contribution is 7.18. The van der Waals surface area contributed by atoms with Crippen LogP contribution in [0, 0.1) is 5.41 Å². The summed E-state index contributed by atoms with van der Waals surface area (Å²) in [5.41, 5.74) is 1.96. The van der Waals surface area contributed by atoms with Crippen LogP contribution in [0.5, 0.6) is 5.75 Å². The molecule has 0 saturated carbocycles. The molecule has 0 spiro atoms. The Balaban J connectivity index is 1.43. The molecule has 0 atom stereocenters. The quantitative estimate of drug-likeness (QED) is 0.517. The average molecular weight is 454 g/mol. The van der Waals surface area contributed by atoms with Gasteiger partial charge in [0, 0.05) is 12.6 Å². The third-order valence-corrected chi connectivity index (χ3v) is 6.79. The molecule has 1 amide bonds. The topological polar surface area (TPSA) is 91.8 Å². The summed E-state index contributed by atoms with van der Waals surface area (Å²) >= 11 is 1.51. The lowest BCUT2D eigenvalue weighted by atomic mass is 9.80. The van der Waals surface area contributed by atoms with E-state index in [1.54, 1.807) is 0 Å². The number of aliphatic carboxylic acids is 1.